The lowest BCUT2D eigenvalue weighted by atomic mass is 10.0. The number of fused-ring (bicyclic) bond motifs is 1. The van der Waals surface area contributed by atoms with Crippen molar-refractivity contribution < 1.29 is 10.0 Å². The zero-order valence-corrected chi connectivity index (χ0v) is 12.7. The van der Waals surface area contributed by atoms with Gasteiger partial charge in [0.15, 0.2) is 0 Å². The Kier molecular flexibility index (Phi) is 4.08. The number of hydrogen-bond acceptors (Lipinski definition) is 4. The molecule has 0 amide bonds. The molecule has 0 saturated heterocycles. The second-order valence-corrected chi connectivity index (χ2v) is 5.62. The largest absolute Gasteiger partial charge is 0.391 e. The summed E-state index contributed by atoms with van der Waals surface area (Å²) in [5.74, 6) is 0. The van der Waals surface area contributed by atoms with Gasteiger partial charge < -0.3 is 5.11 Å². The quantitative estimate of drug-likeness (QED) is 0.580. The first-order chi connectivity index (χ1) is 11.0. The molecule has 0 unspecified atom stereocenters. The van der Waals surface area contributed by atoms with Crippen LogP contribution in [0.25, 0.3) is 10.8 Å². The zero-order chi connectivity index (χ0) is 16.4. The first-order valence-electron chi connectivity index (χ1n) is 7.37. The van der Waals surface area contributed by atoms with Crippen LogP contribution in [0.5, 0.6) is 0 Å². The Bertz CT molecular complexity index is 857. The zero-order valence-electron chi connectivity index (χ0n) is 12.7. The lowest BCUT2D eigenvalue weighted by Gasteiger charge is -2.11. The smallest absolute Gasteiger partial charge is 0.309 e. The molecule has 3 rings (SSSR count). The Morgan fingerprint density at radius 3 is 2.70 bits per heavy atom. The molecule has 0 radical (unpaired) electrons. The molecule has 1 atom stereocenters. The number of aromatic nitrogens is 2. The first-order valence-corrected chi connectivity index (χ1v) is 7.37. The van der Waals surface area contributed by atoms with Gasteiger partial charge in [-0.3, -0.25) is 14.8 Å². The van der Waals surface area contributed by atoms with E-state index in [-0.39, 0.29) is 12.2 Å². The van der Waals surface area contributed by atoms with E-state index in [0.717, 1.165) is 16.3 Å². The van der Waals surface area contributed by atoms with Crippen molar-refractivity contribution in [2.24, 2.45) is 0 Å². The van der Waals surface area contributed by atoms with Crippen LogP contribution in [0.15, 0.2) is 48.7 Å². The Balaban J connectivity index is 1.71. The first kappa shape index (κ1) is 15.2. The van der Waals surface area contributed by atoms with Gasteiger partial charge in [-0.2, -0.15) is 5.10 Å². The van der Waals surface area contributed by atoms with Crippen molar-refractivity contribution in [1.29, 1.82) is 0 Å². The highest BCUT2D eigenvalue weighted by atomic mass is 16.6. The van der Waals surface area contributed by atoms with Crippen LogP contribution in [-0.2, 0) is 13.0 Å². The van der Waals surface area contributed by atoms with E-state index in [1.165, 1.54) is 10.9 Å². The number of hydrogen-bond donors (Lipinski definition) is 1. The molecule has 1 N–H and O–H groups in total. The molecule has 23 heavy (non-hydrogen) atoms. The molecule has 6 nitrogen and oxygen atoms in total. The summed E-state index contributed by atoms with van der Waals surface area (Å²) in [5.41, 5.74) is 1.35. The van der Waals surface area contributed by atoms with Crippen LogP contribution in [0.1, 0.15) is 11.3 Å². The lowest BCUT2D eigenvalue weighted by molar-refractivity contribution is -0.385. The van der Waals surface area contributed by atoms with Gasteiger partial charge in [0, 0.05) is 6.42 Å². The summed E-state index contributed by atoms with van der Waals surface area (Å²) in [7, 11) is 0. The van der Waals surface area contributed by atoms with Crippen LogP contribution in [0.2, 0.25) is 0 Å². The van der Waals surface area contributed by atoms with Gasteiger partial charge in [-0.25, -0.2) is 0 Å². The van der Waals surface area contributed by atoms with Crippen LogP contribution < -0.4 is 0 Å². The van der Waals surface area contributed by atoms with Crippen molar-refractivity contribution in [2.75, 3.05) is 0 Å². The highest BCUT2D eigenvalue weighted by molar-refractivity contribution is 5.82. The van der Waals surface area contributed by atoms with Crippen LogP contribution >= 0.6 is 0 Å². The summed E-state index contributed by atoms with van der Waals surface area (Å²) in [5, 5.41) is 27.4. The minimum atomic E-state index is -0.657. The average molecular weight is 311 g/mol. The van der Waals surface area contributed by atoms with Gasteiger partial charge in [0.1, 0.15) is 11.9 Å². The fourth-order valence-corrected chi connectivity index (χ4v) is 2.70. The molecule has 0 fully saturated rings. The number of nitrogens with zero attached hydrogens (tertiary/aromatic N) is 3. The van der Waals surface area contributed by atoms with Crippen molar-refractivity contribution >= 4 is 16.5 Å². The molecule has 118 valence electrons. The fourth-order valence-electron chi connectivity index (χ4n) is 2.70. The summed E-state index contributed by atoms with van der Waals surface area (Å²) in [6.45, 7) is 1.81. The van der Waals surface area contributed by atoms with Gasteiger partial charge in [0.05, 0.1) is 17.6 Å². The number of aryl methyl sites for hydroxylation is 1. The minimum absolute atomic E-state index is 0.0251. The van der Waals surface area contributed by atoms with E-state index in [1.54, 1.807) is 6.92 Å². The average Bonchev–Trinajstić information content (AvgIpc) is 2.87. The normalized spacial score (nSPS) is 12.4. The highest BCUT2D eigenvalue weighted by Crippen LogP contribution is 2.18. The molecule has 2 aromatic carbocycles. The number of aliphatic hydroxyl groups is 1. The molecule has 0 bridgehead atoms. The third-order valence-electron chi connectivity index (χ3n) is 3.80. The van der Waals surface area contributed by atoms with Crippen molar-refractivity contribution in [2.45, 2.75) is 26.0 Å². The third kappa shape index (κ3) is 3.37. The van der Waals surface area contributed by atoms with E-state index in [9.17, 15) is 15.2 Å². The monoisotopic (exact) mass is 311 g/mol. The Labute approximate surface area is 133 Å². The van der Waals surface area contributed by atoms with Gasteiger partial charge in [0.25, 0.3) is 0 Å². The fraction of sp³-hybridized carbons (Fsp3) is 0.235. The van der Waals surface area contributed by atoms with Crippen LogP contribution in [0.4, 0.5) is 5.69 Å². The van der Waals surface area contributed by atoms with Crippen molar-refractivity contribution in [3.63, 3.8) is 0 Å². The summed E-state index contributed by atoms with van der Waals surface area (Å²) in [6.07, 6.45) is 1.17. The maximum absolute atomic E-state index is 10.8. The summed E-state index contributed by atoms with van der Waals surface area (Å²) >= 11 is 0. The van der Waals surface area contributed by atoms with Crippen molar-refractivity contribution in [3.8, 4) is 0 Å². The minimum Gasteiger partial charge on any atom is -0.391 e. The Morgan fingerprint density at radius 2 is 2.00 bits per heavy atom. The van der Waals surface area contributed by atoms with E-state index in [2.05, 4.69) is 11.2 Å². The van der Waals surface area contributed by atoms with Gasteiger partial charge in [-0.1, -0.05) is 42.5 Å². The number of aliphatic hydroxyl groups excluding tert-OH is 1. The maximum Gasteiger partial charge on any atom is 0.309 e. The van der Waals surface area contributed by atoms with Gasteiger partial charge in [-0.15, -0.1) is 0 Å². The van der Waals surface area contributed by atoms with E-state index in [0.29, 0.717) is 12.1 Å². The molecule has 0 aliphatic heterocycles. The van der Waals surface area contributed by atoms with Crippen molar-refractivity contribution in [1.82, 2.24) is 9.78 Å². The molecule has 1 aromatic heterocycles. The van der Waals surface area contributed by atoms with Gasteiger partial charge >= 0.3 is 5.69 Å². The molecule has 0 saturated carbocycles. The number of benzene rings is 2. The second kappa shape index (κ2) is 6.18. The number of rotatable bonds is 5. The van der Waals surface area contributed by atoms with Crippen LogP contribution in [0, 0.1) is 17.0 Å². The predicted octanol–water partition coefficient (Wildman–Crippen LogP) is 2.86. The lowest BCUT2D eigenvalue weighted by Crippen LogP contribution is -2.19. The maximum atomic E-state index is 10.8. The molecule has 0 aliphatic rings. The molecular weight excluding hydrogens is 294 g/mol. The Hall–Kier alpha value is -2.73. The van der Waals surface area contributed by atoms with E-state index >= 15 is 0 Å². The molecule has 1 heterocycles. The van der Waals surface area contributed by atoms with E-state index in [1.807, 2.05) is 36.4 Å². The summed E-state index contributed by atoms with van der Waals surface area (Å²) < 4.78 is 1.43. The van der Waals surface area contributed by atoms with Crippen molar-refractivity contribution in [3.05, 3.63) is 70.0 Å². The second-order valence-electron chi connectivity index (χ2n) is 5.62. The Morgan fingerprint density at radius 1 is 1.26 bits per heavy atom. The summed E-state index contributed by atoms with van der Waals surface area (Å²) in [4.78, 5) is 10.4. The van der Waals surface area contributed by atoms with Gasteiger partial charge in [-0.05, 0) is 23.3 Å². The molecule has 0 spiro atoms. The molecule has 0 aliphatic carbocycles. The topological polar surface area (TPSA) is 81.2 Å². The number of nitro groups is 1. The van der Waals surface area contributed by atoms with Crippen LogP contribution in [-0.4, -0.2) is 25.9 Å². The van der Waals surface area contributed by atoms with Gasteiger partial charge in [0.2, 0.25) is 0 Å². The van der Waals surface area contributed by atoms with E-state index in [4.69, 9.17) is 0 Å². The third-order valence-corrected chi connectivity index (χ3v) is 3.80. The predicted molar refractivity (Wildman–Crippen MR) is 87.3 cm³/mol. The molecular formula is C17H17N3O3. The SMILES string of the molecule is Cc1nn(C[C@@H](O)Cc2ccc3ccccc3c2)cc1[N+](=O)[O-]. The summed E-state index contributed by atoms with van der Waals surface area (Å²) in [6, 6.07) is 14.1. The molecule has 6 heteroatoms. The standard InChI is InChI=1S/C17H17N3O3/c1-12-17(20(22)23)11-19(18-12)10-16(21)9-13-6-7-14-4-2-3-5-15(14)8-13/h2-8,11,16,21H,9-10H2,1H3/t16-/m0/s1. The highest BCUT2D eigenvalue weighted by Gasteiger charge is 2.17. The van der Waals surface area contributed by atoms with Crippen LogP contribution in [0.3, 0.4) is 0 Å². The van der Waals surface area contributed by atoms with E-state index < -0.39 is 11.0 Å². The molecule has 3 aromatic rings.